The van der Waals surface area contributed by atoms with E-state index in [-0.39, 0.29) is 36.5 Å². The van der Waals surface area contributed by atoms with Crippen LogP contribution in [0.4, 0.5) is 30.7 Å². The molecule has 1 aromatic heterocycles. The van der Waals surface area contributed by atoms with Gasteiger partial charge in [-0.15, -0.1) is 0 Å². The number of carbonyl (C=O) groups is 1. The van der Waals surface area contributed by atoms with Gasteiger partial charge in [-0.05, 0) is 54.8 Å². The third kappa shape index (κ3) is 7.81. The SMILES string of the molecule is CC(C)c1noc(C2=CC(=O)N(C[C@H](O[C@H](C)c3cc(C(F)(F)F)cc(C(F)(F)F)c3)C(C)c3ccc(F)cc3)CC2)n1. The van der Waals surface area contributed by atoms with Crippen LogP contribution in [0, 0.1) is 5.82 Å². The number of rotatable bonds is 9. The molecule has 0 bridgehead atoms. The van der Waals surface area contributed by atoms with Gasteiger partial charge in [-0.1, -0.05) is 38.1 Å². The fraction of sp³-hybridized carbons (Fsp3) is 0.433. The Labute approximate surface area is 243 Å². The lowest BCUT2D eigenvalue weighted by molar-refractivity contribution is -0.143. The highest BCUT2D eigenvalue weighted by Crippen LogP contribution is 2.39. The molecule has 4 rings (SSSR count). The van der Waals surface area contributed by atoms with Crippen LogP contribution in [0.25, 0.3) is 5.57 Å². The van der Waals surface area contributed by atoms with Gasteiger partial charge in [0, 0.05) is 36.6 Å². The lowest BCUT2D eigenvalue weighted by Crippen LogP contribution is -2.42. The molecule has 2 heterocycles. The summed E-state index contributed by atoms with van der Waals surface area (Å²) in [7, 11) is 0. The number of hydrogen-bond acceptors (Lipinski definition) is 5. The van der Waals surface area contributed by atoms with Gasteiger partial charge in [0.25, 0.3) is 5.89 Å². The molecule has 0 N–H and O–H groups in total. The number of alkyl halides is 6. The van der Waals surface area contributed by atoms with Crippen molar-refractivity contribution in [3.63, 3.8) is 0 Å². The summed E-state index contributed by atoms with van der Waals surface area (Å²) >= 11 is 0. The van der Waals surface area contributed by atoms with Crippen molar-refractivity contribution in [2.24, 2.45) is 0 Å². The van der Waals surface area contributed by atoms with Crippen LogP contribution in [0.5, 0.6) is 0 Å². The van der Waals surface area contributed by atoms with Crippen molar-refractivity contribution < 1.29 is 44.8 Å². The Bertz CT molecular complexity index is 1430. The van der Waals surface area contributed by atoms with E-state index >= 15 is 0 Å². The van der Waals surface area contributed by atoms with Gasteiger partial charge in [0.2, 0.25) is 5.91 Å². The number of benzene rings is 2. The fourth-order valence-corrected chi connectivity index (χ4v) is 4.70. The van der Waals surface area contributed by atoms with Gasteiger partial charge in [-0.25, -0.2) is 4.39 Å². The fourth-order valence-electron chi connectivity index (χ4n) is 4.70. The molecule has 43 heavy (non-hydrogen) atoms. The molecule has 0 radical (unpaired) electrons. The summed E-state index contributed by atoms with van der Waals surface area (Å²) in [5.41, 5.74) is -2.10. The third-order valence-electron chi connectivity index (χ3n) is 7.31. The lowest BCUT2D eigenvalue weighted by atomic mass is 9.93. The van der Waals surface area contributed by atoms with Crippen LogP contribution in [-0.4, -0.2) is 40.1 Å². The molecule has 0 saturated carbocycles. The molecule has 0 aliphatic carbocycles. The maximum atomic E-state index is 13.6. The Balaban J connectivity index is 1.62. The molecule has 0 spiro atoms. The zero-order valence-corrected chi connectivity index (χ0v) is 23.8. The molecule has 232 valence electrons. The Morgan fingerprint density at radius 2 is 1.53 bits per heavy atom. The second-order valence-electron chi connectivity index (χ2n) is 10.8. The number of nitrogens with zero attached hydrogens (tertiary/aromatic N) is 3. The quantitative estimate of drug-likeness (QED) is 0.229. The van der Waals surface area contributed by atoms with E-state index < -0.39 is 53.3 Å². The number of hydrogen-bond donors (Lipinski definition) is 0. The van der Waals surface area contributed by atoms with E-state index in [1.807, 2.05) is 13.8 Å². The van der Waals surface area contributed by atoms with Gasteiger partial charge in [0.15, 0.2) is 5.82 Å². The lowest BCUT2D eigenvalue weighted by Gasteiger charge is -2.34. The zero-order valence-electron chi connectivity index (χ0n) is 23.8. The first-order valence-electron chi connectivity index (χ1n) is 13.6. The van der Waals surface area contributed by atoms with Crippen molar-refractivity contribution in [1.29, 1.82) is 0 Å². The summed E-state index contributed by atoms with van der Waals surface area (Å²) in [5, 5.41) is 3.91. The van der Waals surface area contributed by atoms with Crippen LogP contribution in [0.1, 0.15) is 86.0 Å². The Kier molecular flexibility index (Phi) is 9.33. The zero-order chi connectivity index (χ0) is 31.7. The first-order chi connectivity index (χ1) is 20.0. The predicted molar refractivity (Wildman–Crippen MR) is 142 cm³/mol. The molecule has 6 nitrogen and oxygen atoms in total. The highest BCUT2D eigenvalue weighted by atomic mass is 19.4. The average Bonchev–Trinajstić information content (AvgIpc) is 3.43. The number of amides is 1. The van der Waals surface area contributed by atoms with Crippen LogP contribution in [0.15, 0.2) is 53.1 Å². The van der Waals surface area contributed by atoms with Crippen molar-refractivity contribution in [3.8, 4) is 0 Å². The van der Waals surface area contributed by atoms with Gasteiger partial charge >= 0.3 is 12.4 Å². The van der Waals surface area contributed by atoms with Crippen molar-refractivity contribution in [2.75, 3.05) is 13.1 Å². The minimum atomic E-state index is -5.02. The molecule has 1 unspecified atom stereocenters. The van der Waals surface area contributed by atoms with Crippen molar-refractivity contribution in [2.45, 2.75) is 70.5 Å². The molecule has 0 saturated heterocycles. The summed E-state index contributed by atoms with van der Waals surface area (Å²) in [6.45, 7) is 7.03. The van der Waals surface area contributed by atoms with E-state index in [1.54, 1.807) is 6.92 Å². The molecule has 1 aliphatic rings. The minimum Gasteiger partial charge on any atom is -0.368 e. The first-order valence-corrected chi connectivity index (χ1v) is 13.6. The summed E-state index contributed by atoms with van der Waals surface area (Å²) in [5.74, 6) is -0.690. The summed E-state index contributed by atoms with van der Waals surface area (Å²) in [6, 6.07) is 6.76. The summed E-state index contributed by atoms with van der Waals surface area (Å²) < 4.78 is 106. The van der Waals surface area contributed by atoms with Gasteiger partial charge < -0.3 is 14.2 Å². The van der Waals surface area contributed by atoms with E-state index in [0.717, 1.165) is 0 Å². The summed E-state index contributed by atoms with van der Waals surface area (Å²) in [4.78, 5) is 18.9. The monoisotopic (exact) mass is 613 g/mol. The summed E-state index contributed by atoms with van der Waals surface area (Å²) in [6.07, 6.45) is -10.4. The van der Waals surface area contributed by atoms with Gasteiger partial charge in [-0.3, -0.25) is 4.79 Å². The average molecular weight is 614 g/mol. The van der Waals surface area contributed by atoms with E-state index in [0.29, 0.717) is 35.5 Å². The molecule has 0 fully saturated rings. The standard InChI is InChI=1S/C30H30F7N3O3/c1-16(2)27-38-28(43-39-27)20-9-10-40(26(41)13-20)15-25(17(3)19-5-7-24(31)8-6-19)42-18(4)21-11-22(29(32,33)34)14-23(12-21)30(35,36)37/h5-8,11-14,16-18,25H,9-10,15H2,1-4H3/t17?,18-,25+/m1/s1. The second kappa shape index (κ2) is 12.5. The molecular formula is C30H30F7N3O3. The second-order valence-corrected chi connectivity index (χ2v) is 10.8. The van der Waals surface area contributed by atoms with Crippen molar-refractivity contribution in [3.05, 3.63) is 88.3 Å². The predicted octanol–water partition coefficient (Wildman–Crippen LogP) is 7.94. The minimum absolute atomic E-state index is 0.0192. The van der Waals surface area contributed by atoms with Crippen LogP contribution >= 0.6 is 0 Å². The molecule has 1 aliphatic heterocycles. The molecular weight excluding hydrogens is 583 g/mol. The molecule has 13 heteroatoms. The van der Waals surface area contributed by atoms with Crippen LogP contribution in [-0.2, 0) is 21.9 Å². The van der Waals surface area contributed by atoms with E-state index in [4.69, 9.17) is 9.26 Å². The van der Waals surface area contributed by atoms with E-state index in [1.165, 1.54) is 42.2 Å². The largest absolute Gasteiger partial charge is 0.416 e. The number of carbonyl (C=O) groups excluding carboxylic acids is 1. The molecule has 3 atom stereocenters. The number of ether oxygens (including phenoxy) is 1. The van der Waals surface area contributed by atoms with Crippen LogP contribution in [0.2, 0.25) is 0 Å². The van der Waals surface area contributed by atoms with Gasteiger partial charge in [0.05, 0.1) is 23.3 Å². The van der Waals surface area contributed by atoms with Crippen LogP contribution in [0.3, 0.4) is 0 Å². The molecule has 1 amide bonds. The normalized spacial score (nSPS) is 16.8. The smallest absolute Gasteiger partial charge is 0.368 e. The third-order valence-corrected chi connectivity index (χ3v) is 7.31. The number of aromatic nitrogens is 2. The molecule has 2 aromatic carbocycles. The Morgan fingerprint density at radius 1 is 0.930 bits per heavy atom. The molecule has 3 aromatic rings. The van der Waals surface area contributed by atoms with Crippen molar-refractivity contribution in [1.82, 2.24) is 15.0 Å². The van der Waals surface area contributed by atoms with Crippen LogP contribution < -0.4 is 0 Å². The van der Waals surface area contributed by atoms with Gasteiger partial charge in [-0.2, -0.15) is 31.3 Å². The maximum absolute atomic E-state index is 13.6. The van der Waals surface area contributed by atoms with Gasteiger partial charge in [0.1, 0.15) is 5.82 Å². The number of halogens is 7. The van der Waals surface area contributed by atoms with E-state index in [2.05, 4.69) is 10.1 Å². The highest BCUT2D eigenvalue weighted by molar-refractivity contribution is 5.96. The maximum Gasteiger partial charge on any atom is 0.416 e. The first kappa shape index (κ1) is 32.2. The van der Waals surface area contributed by atoms with Crippen molar-refractivity contribution >= 4 is 11.5 Å². The Hall–Kier alpha value is -3.74. The Morgan fingerprint density at radius 3 is 2.05 bits per heavy atom. The highest BCUT2D eigenvalue weighted by Gasteiger charge is 2.38. The topological polar surface area (TPSA) is 68.5 Å². The van der Waals surface area contributed by atoms with E-state index in [9.17, 15) is 35.5 Å².